The lowest BCUT2D eigenvalue weighted by Crippen LogP contribution is -2.38. The third kappa shape index (κ3) is 4.75. The predicted molar refractivity (Wildman–Crippen MR) is 146 cm³/mol. The van der Waals surface area contributed by atoms with Gasteiger partial charge < -0.3 is 10.6 Å². The molecule has 1 aromatic heterocycles. The highest BCUT2D eigenvalue weighted by Gasteiger charge is 2.43. The number of piperidine rings is 2. The summed E-state index contributed by atoms with van der Waals surface area (Å²) in [6.07, 6.45) is 12.3. The predicted octanol–water partition coefficient (Wildman–Crippen LogP) is 4.60. The number of carbonyl (C=O) groups is 1. The second-order valence-corrected chi connectivity index (χ2v) is 10.6. The van der Waals surface area contributed by atoms with Gasteiger partial charge in [0.1, 0.15) is 0 Å². The van der Waals surface area contributed by atoms with Crippen LogP contribution in [0.1, 0.15) is 54.5 Å². The number of aromatic nitrogens is 2. The fourth-order valence-corrected chi connectivity index (χ4v) is 5.98. The van der Waals surface area contributed by atoms with Crippen molar-refractivity contribution in [1.82, 2.24) is 25.7 Å². The van der Waals surface area contributed by atoms with Crippen LogP contribution in [-0.4, -0.2) is 53.7 Å². The molecule has 3 aliphatic rings. The Morgan fingerprint density at radius 1 is 0.944 bits per heavy atom. The molecule has 6 rings (SSSR count). The normalized spacial score (nSPS) is 21.7. The quantitative estimate of drug-likeness (QED) is 0.466. The molecule has 0 aliphatic carbocycles. The summed E-state index contributed by atoms with van der Waals surface area (Å²) in [6, 6.07) is 15.2. The number of amides is 1. The highest BCUT2D eigenvalue weighted by atomic mass is 16.2. The Bertz CT molecular complexity index is 1290. The summed E-state index contributed by atoms with van der Waals surface area (Å²) in [5, 5.41) is 15.3. The van der Waals surface area contributed by atoms with E-state index in [-0.39, 0.29) is 11.3 Å². The van der Waals surface area contributed by atoms with Crippen LogP contribution in [0.3, 0.4) is 0 Å². The van der Waals surface area contributed by atoms with E-state index in [9.17, 15) is 4.79 Å². The lowest BCUT2D eigenvalue weighted by molar-refractivity contribution is -0.116. The molecule has 1 spiro atoms. The monoisotopic (exact) mass is 481 g/mol. The summed E-state index contributed by atoms with van der Waals surface area (Å²) in [4.78, 5) is 15.2. The maximum Gasteiger partial charge on any atom is 0.247 e. The van der Waals surface area contributed by atoms with Crippen LogP contribution in [0.15, 0.2) is 48.0 Å². The molecule has 0 radical (unpaired) electrons. The van der Waals surface area contributed by atoms with Crippen molar-refractivity contribution < 1.29 is 4.79 Å². The minimum absolute atomic E-state index is 0.0392. The van der Waals surface area contributed by atoms with E-state index in [0.717, 1.165) is 66.8 Å². The van der Waals surface area contributed by atoms with Crippen LogP contribution in [0.25, 0.3) is 29.1 Å². The van der Waals surface area contributed by atoms with E-state index < -0.39 is 0 Å². The van der Waals surface area contributed by atoms with Crippen molar-refractivity contribution in [2.75, 3.05) is 32.7 Å². The molecule has 186 valence electrons. The van der Waals surface area contributed by atoms with Crippen molar-refractivity contribution in [2.45, 2.75) is 38.6 Å². The molecule has 3 N–H and O–H groups in total. The second-order valence-electron chi connectivity index (χ2n) is 10.6. The Morgan fingerprint density at radius 3 is 2.53 bits per heavy atom. The number of aromatic amines is 1. The zero-order chi connectivity index (χ0) is 24.4. The third-order valence-electron chi connectivity index (χ3n) is 8.16. The number of benzene rings is 2. The standard InChI is InChI=1S/C30H35N5O/c36-29-26(30(21-32-29)12-14-31-15-13-30)18-24-8-10-25-27(33-34-28(25)19-24)11-9-22-4-6-23(7-5-22)20-35-16-2-1-3-17-35/h4-11,18-19,31H,1-3,12-17,20-21H2,(H,32,36)(H,33,34)/b11-9+,26-18-. The number of H-pyrrole nitrogens is 1. The lowest BCUT2D eigenvalue weighted by Gasteiger charge is -2.33. The third-order valence-corrected chi connectivity index (χ3v) is 8.16. The zero-order valence-corrected chi connectivity index (χ0v) is 20.9. The zero-order valence-electron chi connectivity index (χ0n) is 20.9. The molecule has 0 atom stereocenters. The van der Waals surface area contributed by atoms with E-state index in [1.54, 1.807) is 0 Å². The van der Waals surface area contributed by atoms with E-state index >= 15 is 0 Å². The lowest BCUT2D eigenvalue weighted by atomic mass is 9.74. The first kappa shape index (κ1) is 23.2. The highest BCUT2D eigenvalue weighted by molar-refractivity contribution is 6.02. The van der Waals surface area contributed by atoms with Crippen LogP contribution in [-0.2, 0) is 11.3 Å². The summed E-state index contributed by atoms with van der Waals surface area (Å²) < 4.78 is 0. The molecule has 6 nitrogen and oxygen atoms in total. The SMILES string of the molecule is O=C1NCC2(CCNCC2)/C1=C\c1ccc2c(/C=C/c3ccc(CN4CCCCC4)cc3)n[nH]c2c1. The molecule has 0 saturated carbocycles. The molecule has 6 heteroatoms. The van der Waals surface area contributed by atoms with Gasteiger partial charge in [0.2, 0.25) is 5.91 Å². The number of likely N-dealkylation sites (tertiary alicyclic amines) is 1. The van der Waals surface area contributed by atoms with E-state index in [1.165, 1.54) is 43.5 Å². The topological polar surface area (TPSA) is 73.1 Å². The smallest absolute Gasteiger partial charge is 0.247 e. The van der Waals surface area contributed by atoms with Crippen molar-refractivity contribution in [3.63, 3.8) is 0 Å². The molecule has 0 unspecified atom stereocenters. The largest absolute Gasteiger partial charge is 0.351 e. The van der Waals surface area contributed by atoms with Gasteiger partial charge in [0.25, 0.3) is 0 Å². The van der Waals surface area contributed by atoms with E-state index in [0.29, 0.717) is 0 Å². The number of carbonyl (C=O) groups excluding carboxylic acids is 1. The molecule has 3 aliphatic heterocycles. The Kier molecular flexibility index (Phi) is 6.46. The number of hydrogen-bond acceptors (Lipinski definition) is 4. The Hall–Kier alpha value is -3.22. The van der Waals surface area contributed by atoms with Crippen molar-refractivity contribution in [3.8, 4) is 0 Å². The van der Waals surface area contributed by atoms with Gasteiger partial charge in [-0.1, -0.05) is 42.8 Å². The number of hydrogen-bond donors (Lipinski definition) is 3. The molecular formula is C30H35N5O. The molecular weight excluding hydrogens is 446 g/mol. The van der Waals surface area contributed by atoms with Gasteiger partial charge in [-0.3, -0.25) is 14.8 Å². The number of fused-ring (bicyclic) bond motifs is 1. The first-order chi connectivity index (χ1) is 17.7. The first-order valence-electron chi connectivity index (χ1n) is 13.4. The van der Waals surface area contributed by atoms with Crippen molar-refractivity contribution in [3.05, 3.63) is 70.4 Å². The highest BCUT2D eigenvalue weighted by Crippen LogP contribution is 2.41. The molecule has 1 amide bonds. The van der Waals surface area contributed by atoms with Crippen LogP contribution < -0.4 is 10.6 Å². The molecule has 2 aromatic carbocycles. The van der Waals surface area contributed by atoms with Gasteiger partial charge in [-0.05, 0) is 92.8 Å². The maximum absolute atomic E-state index is 12.6. The summed E-state index contributed by atoms with van der Waals surface area (Å²) in [6.45, 7) is 6.16. The minimum Gasteiger partial charge on any atom is -0.351 e. The van der Waals surface area contributed by atoms with Crippen molar-refractivity contribution in [1.29, 1.82) is 0 Å². The maximum atomic E-state index is 12.6. The van der Waals surface area contributed by atoms with Crippen molar-refractivity contribution >= 4 is 35.0 Å². The Labute approximate surface area is 212 Å². The fourth-order valence-electron chi connectivity index (χ4n) is 5.98. The summed E-state index contributed by atoms with van der Waals surface area (Å²) in [7, 11) is 0. The van der Waals surface area contributed by atoms with Gasteiger partial charge in [-0.25, -0.2) is 0 Å². The van der Waals surface area contributed by atoms with Gasteiger partial charge in [0.05, 0.1) is 11.2 Å². The molecule has 3 aromatic rings. The van der Waals surface area contributed by atoms with E-state index in [4.69, 9.17) is 0 Å². The van der Waals surface area contributed by atoms with E-state index in [1.807, 2.05) is 0 Å². The number of nitrogens with one attached hydrogen (secondary N) is 3. The van der Waals surface area contributed by atoms with Crippen LogP contribution in [0, 0.1) is 5.41 Å². The first-order valence-corrected chi connectivity index (χ1v) is 13.4. The summed E-state index contributed by atoms with van der Waals surface area (Å²) in [5.74, 6) is 0.0761. The number of rotatable bonds is 5. The molecule has 3 fully saturated rings. The summed E-state index contributed by atoms with van der Waals surface area (Å²) in [5.41, 5.74) is 6.39. The van der Waals surface area contributed by atoms with Crippen LogP contribution in [0.2, 0.25) is 0 Å². The van der Waals surface area contributed by atoms with Gasteiger partial charge in [0.15, 0.2) is 0 Å². The average Bonchev–Trinajstić information content (AvgIpc) is 3.45. The van der Waals surface area contributed by atoms with Crippen molar-refractivity contribution in [2.24, 2.45) is 5.41 Å². The van der Waals surface area contributed by atoms with Crippen LogP contribution in [0.4, 0.5) is 0 Å². The van der Waals surface area contributed by atoms with Gasteiger partial charge in [0, 0.05) is 29.5 Å². The Balaban J connectivity index is 1.17. The van der Waals surface area contributed by atoms with Crippen LogP contribution >= 0.6 is 0 Å². The average molecular weight is 482 g/mol. The second kappa shape index (κ2) is 10.0. The summed E-state index contributed by atoms with van der Waals surface area (Å²) >= 11 is 0. The minimum atomic E-state index is -0.0392. The number of nitrogens with zero attached hydrogens (tertiary/aromatic N) is 2. The van der Waals surface area contributed by atoms with Gasteiger partial charge in [-0.15, -0.1) is 0 Å². The molecule has 36 heavy (non-hydrogen) atoms. The molecule has 4 heterocycles. The van der Waals surface area contributed by atoms with Gasteiger partial charge in [-0.2, -0.15) is 5.10 Å². The van der Waals surface area contributed by atoms with Gasteiger partial charge >= 0.3 is 0 Å². The fraction of sp³-hybridized carbons (Fsp3) is 0.400. The molecule has 0 bridgehead atoms. The molecule has 3 saturated heterocycles. The Morgan fingerprint density at radius 2 is 1.72 bits per heavy atom. The van der Waals surface area contributed by atoms with Crippen LogP contribution in [0.5, 0.6) is 0 Å². The van der Waals surface area contributed by atoms with E-state index in [2.05, 4.69) is 86.4 Å².